The van der Waals surface area contributed by atoms with Crippen molar-refractivity contribution in [1.82, 2.24) is 0 Å². The number of phenolic OH excluding ortho intramolecular Hbond substituents is 1. The second-order valence-corrected chi connectivity index (χ2v) is 6.36. The minimum absolute atomic E-state index is 0.0109. The summed E-state index contributed by atoms with van der Waals surface area (Å²) in [6.07, 6.45) is 0. The summed E-state index contributed by atoms with van der Waals surface area (Å²) in [5.41, 5.74) is 1.09. The van der Waals surface area contributed by atoms with Crippen LogP contribution in [0.25, 0.3) is 0 Å². The van der Waals surface area contributed by atoms with Gasteiger partial charge in [-0.05, 0) is 11.5 Å². The number of ether oxygens (including phenoxy) is 1. The predicted octanol–water partition coefficient (Wildman–Crippen LogP) is 3.03. The van der Waals surface area contributed by atoms with Gasteiger partial charge in [0.2, 0.25) is 0 Å². The lowest BCUT2D eigenvalue weighted by Gasteiger charge is -2.25. The molecule has 1 heterocycles. The van der Waals surface area contributed by atoms with E-state index in [0.717, 1.165) is 5.56 Å². The molecule has 0 saturated carbocycles. The Kier molecular flexibility index (Phi) is 2.94. The Morgan fingerprint density at radius 3 is 2.65 bits per heavy atom. The fourth-order valence-corrected chi connectivity index (χ4v) is 2.27. The van der Waals surface area contributed by atoms with Gasteiger partial charge in [0.05, 0.1) is 5.56 Å². The molecule has 0 unspecified atom stereocenters. The average molecular weight is 299 g/mol. The monoisotopic (exact) mass is 298 g/mol. The number of benzene rings is 1. The first-order chi connectivity index (χ1) is 7.80. The van der Waals surface area contributed by atoms with E-state index in [1.807, 2.05) is 20.8 Å². The molecule has 2 rings (SSSR count). The molecule has 1 atom stereocenters. The molecule has 3 nitrogen and oxygen atoms in total. The average Bonchev–Trinajstić information content (AvgIpc) is 2.21. The largest absolute Gasteiger partial charge is 0.508 e. The fourth-order valence-electron chi connectivity index (χ4n) is 1.89. The topological polar surface area (TPSA) is 46.5 Å². The highest BCUT2D eigenvalue weighted by molar-refractivity contribution is 9.10. The van der Waals surface area contributed by atoms with Crippen molar-refractivity contribution < 1.29 is 14.6 Å². The van der Waals surface area contributed by atoms with Crippen molar-refractivity contribution in [2.45, 2.75) is 31.0 Å². The first-order valence-electron chi connectivity index (χ1n) is 5.49. The van der Waals surface area contributed by atoms with Gasteiger partial charge in [0.15, 0.2) is 5.78 Å². The summed E-state index contributed by atoms with van der Waals surface area (Å²) in [6.45, 7) is 6.29. The van der Waals surface area contributed by atoms with E-state index >= 15 is 0 Å². The van der Waals surface area contributed by atoms with Crippen molar-refractivity contribution in [3.05, 3.63) is 23.3 Å². The van der Waals surface area contributed by atoms with Crippen LogP contribution in [0, 0.1) is 0 Å². The van der Waals surface area contributed by atoms with Crippen LogP contribution in [0.15, 0.2) is 12.1 Å². The number of phenols is 1. The number of hydrogen-bond acceptors (Lipinski definition) is 3. The van der Waals surface area contributed by atoms with E-state index in [0.29, 0.717) is 17.9 Å². The summed E-state index contributed by atoms with van der Waals surface area (Å²) in [5, 5.41) is 9.95. The maximum atomic E-state index is 12.0. The Bertz CT molecular complexity index is 474. The van der Waals surface area contributed by atoms with Gasteiger partial charge in [0.25, 0.3) is 0 Å². The minimum Gasteiger partial charge on any atom is -0.508 e. The zero-order chi connectivity index (χ0) is 12.8. The van der Waals surface area contributed by atoms with Crippen molar-refractivity contribution in [2.75, 3.05) is 6.61 Å². The summed E-state index contributed by atoms with van der Waals surface area (Å²) >= 11 is 3.28. The van der Waals surface area contributed by atoms with Gasteiger partial charge < -0.3 is 9.84 Å². The number of carbonyl (C=O) groups is 1. The first-order valence-corrected chi connectivity index (χ1v) is 6.41. The molecule has 0 aromatic heterocycles. The molecule has 17 heavy (non-hydrogen) atoms. The molecular weight excluding hydrogens is 284 g/mol. The predicted molar refractivity (Wildman–Crippen MR) is 69.3 cm³/mol. The molecule has 0 saturated heterocycles. The number of halogens is 1. The van der Waals surface area contributed by atoms with Gasteiger partial charge in [0, 0.05) is 11.6 Å². The normalized spacial score (nSPS) is 19.8. The molecule has 1 aliphatic rings. The quantitative estimate of drug-likeness (QED) is 0.749. The number of alkyl halides is 1. The SMILES string of the molecule is CC(C)(C)c1cc2c(cc1O)OC[C@@H](Br)C2=O. The number of aromatic hydroxyl groups is 1. The number of rotatable bonds is 0. The van der Waals surface area contributed by atoms with Crippen molar-refractivity contribution in [3.8, 4) is 11.5 Å². The fraction of sp³-hybridized carbons (Fsp3) is 0.462. The van der Waals surface area contributed by atoms with E-state index in [2.05, 4.69) is 15.9 Å². The molecule has 0 amide bonds. The maximum absolute atomic E-state index is 12.0. The highest BCUT2D eigenvalue weighted by Gasteiger charge is 2.30. The summed E-state index contributed by atoms with van der Waals surface area (Å²) in [4.78, 5) is 11.7. The Hall–Kier alpha value is -1.03. The number of ketones is 1. The van der Waals surface area contributed by atoms with Gasteiger partial charge >= 0.3 is 0 Å². The van der Waals surface area contributed by atoms with Gasteiger partial charge in [-0.2, -0.15) is 0 Å². The summed E-state index contributed by atoms with van der Waals surface area (Å²) in [7, 11) is 0. The van der Waals surface area contributed by atoms with Crippen LogP contribution in [0.2, 0.25) is 0 Å². The summed E-state index contributed by atoms with van der Waals surface area (Å²) < 4.78 is 5.43. The van der Waals surface area contributed by atoms with Crippen molar-refractivity contribution in [1.29, 1.82) is 0 Å². The minimum atomic E-state index is -0.299. The van der Waals surface area contributed by atoms with Gasteiger partial charge in [-0.1, -0.05) is 36.7 Å². The van der Waals surface area contributed by atoms with Crippen LogP contribution in [0.4, 0.5) is 0 Å². The highest BCUT2D eigenvalue weighted by Crippen LogP contribution is 2.38. The lowest BCUT2D eigenvalue weighted by Crippen LogP contribution is -2.28. The van der Waals surface area contributed by atoms with Crippen LogP contribution >= 0.6 is 15.9 Å². The van der Waals surface area contributed by atoms with Gasteiger partial charge in [-0.15, -0.1) is 0 Å². The molecule has 1 aromatic rings. The van der Waals surface area contributed by atoms with Crippen LogP contribution in [0.5, 0.6) is 11.5 Å². The van der Waals surface area contributed by atoms with Gasteiger partial charge in [0.1, 0.15) is 22.9 Å². The summed E-state index contributed by atoms with van der Waals surface area (Å²) in [5.74, 6) is 0.657. The summed E-state index contributed by atoms with van der Waals surface area (Å²) in [6, 6.07) is 3.27. The lowest BCUT2D eigenvalue weighted by molar-refractivity contribution is 0.0946. The Morgan fingerprint density at radius 2 is 2.06 bits per heavy atom. The second-order valence-electron chi connectivity index (χ2n) is 5.26. The standard InChI is InChI=1S/C13H15BrO3/c1-13(2,3)8-4-7-11(5-10(8)15)17-6-9(14)12(7)16/h4-5,9,15H,6H2,1-3H3/t9-/m1/s1. The van der Waals surface area contributed by atoms with Crippen LogP contribution in [-0.4, -0.2) is 22.3 Å². The molecule has 92 valence electrons. The van der Waals surface area contributed by atoms with Crippen LogP contribution in [0.1, 0.15) is 36.7 Å². The molecule has 1 aromatic carbocycles. The third-order valence-corrected chi connectivity index (χ3v) is 3.52. The number of Topliss-reactive ketones (excluding diaryl/α,β-unsaturated/α-hetero) is 1. The zero-order valence-electron chi connectivity index (χ0n) is 10.1. The van der Waals surface area contributed by atoms with E-state index in [1.54, 1.807) is 6.07 Å². The van der Waals surface area contributed by atoms with Crippen molar-refractivity contribution >= 4 is 21.7 Å². The molecule has 4 heteroatoms. The number of carbonyl (C=O) groups excluding carboxylic acids is 1. The van der Waals surface area contributed by atoms with Gasteiger partial charge in [-0.25, -0.2) is 0 Å². The van der Waals surface area contributed by atoms with Crippen LogP contribution < -0.4 is 4.74 Å². The lowest BCUT2D eigenvalue weighted by atomic mass is 9.84. The van der Waals surface area contributed by atoms with Gasteiger partial charge in [-0.3, -0.25) is 4.79 Å². The number of fused-ring (bicyclic) bond motifs is 1. The Morgan fingerprint density at radius 1 is 1.41 bits per heavy atom. The van der Waals surface area contributed by atoms with Crippen molar-refractivity contribution in [2.24, 2.45) is 0 Å². The van der Waals surface area contributed by atoms with E-state index in [4.69, 9.17) is 4.74 Å². The highest BCUT2D eigenvalue weighted by atomic mass is 79.9. The Balaban J connectivity index is 2.58. The molecular formula is C13H15BrO3. The molecule has 0 aliphatic carbocycles. The van der Waals surface area contributed by atoms with E-state index < -0.39 is 0 Å². The van der Waals surface area contributed by atoms with E-state index in [9.17, 15) is 9.90 Å². The first kappa shape index (κ1) is 12.4. The van der Waals surface area contributed by atoms with Crippen LogP contribution in [0.3, 0.4) is 0 Å². The molecule has 0 radical (unpaired) electrons. The third-order valence-electron chi connectivity index (χ3n) is 2.84. The molecule has 1 aliphatic heterocycles. The van der Waals surface area contributed by atoms with E-state index in [-0.39, 0.29) is 21.8 Å². The zero-order valence-corrected chi connectivity index (χ0v) is 11.7. The van der Waals surface area contributed by atoms with Crippen molar-refractivity contribution in [3.63, 3.8) is 0 Å². The molecule has 0 fully saturated rings. The van der Waals surface area contributed by atoms with Crippen LogP contribution in [-0.2, 0) is 5.41 Å². The molecule has 0 bridgehead atoms. The Labute approximate surface area is 109 Å². The third kappa shape index (κ3) is 2.18. The molecule has 0 spiro atoms. The number of hydrogen-bond donors (Lipinski definition) is 1. The smallest absolute Gasteiger partial charge is 0.183 e. The molecule has 1 N–H and O–H groups in total. The second kappa shape index (κ2) is 4.02. The van der Waals surface area contributed by atoms with E-state index in [1.165, 1.54) is 6.07 Å². The maximum Gasteiger partial charge on any atom is 0.183 e.